The summed E-state index contributed by atoms with van der Waals surface area (Å²) in [6.45, 7) is 5.79. The minimum absolute atomic E-state index is 0.141. The number of fused-ring (bicyclic) bond motifs is 2. The largest absolute Gasteiger partial charge is 0.386 e. The number of hydrogen-bond acceptors (Lipinski definition) is 5. The number of aliphatic hydroxyl groups is 1. The Morgan fingerprint density at radius 3 is 3.04 bits per heavy atom. The number of carbonyl (C=O) groups is 1. The SMILES string of the molecule is CCN1CCc2nc3ccccc3c(C(=O)NCC3(O)CCOC3)c2C1. The van der Waals surface area contributed by atoms with Gasteiger partial charge in [0.05, 0.1) is 17.7 Å². The van der Waals surface area contributed by atoms with Crippen molar-refractivity contribution in [1.29, 1.82) is 0 Å². The number of pyridine rings is 1. The molecule has 1 unspecified atom stereocenters. The van der Waals surface area contributed by atoms with Crippen LogP contribution in [0, 0.1) is 0 Å². The molecule has 0 radical (unpaired) electrons. The van der Waals surface area contributed by atoms with Gasteiger partial charge in [0.2, 0.25) is 0 Å². The van der Waals surface area contributed by atoms with E-state index < -0.39 is 5.60 Å². The number of benzene rings is 1. The lowest BCUT2D eigenvalue weighted by Gasteiger charge is -2.29. The van der Waals surface area contributed by atoms with Crippen LogP contribution in [0.5, 0.6) is 0 Å². The zero-order valence-electron chi connectivity index (χ0n) is 15.1. The Hall–Kier alpha value is -2.02. The molecule has 1 saturated heterocycles. The van der Waals surface area contributed by atoms with Crippen molar-refractivity contribution in [3.05, 3.63) is 41.1 Å². The van der Waals surface area contributed by atoms with Gasteiger partial charge >= 0.3 is 0 Å². The van der Waals surface area contributed by atoms with Crippen LogP contribution < -0.4 is 5.32 Å². The van der Waals surface area contributed by atoms with Crippen molar-refractivity contribution >= 4 is 16.8 Å². The lowest BCUT2D eigenvalue weighted by molar-refractivity contribution is 0.0264. The van der Waals surface area contributed by atoms with Gasteiger partial charge in [-0.05, 0) is 12.6 Å². The summed E-state index contributed by atoms with van der Waals surface area (Å²) < 4.78 is 5.27. The van der Waals surface area contributed by atoms with Gasteiger partial charge in [0.1, 0.15) is 5.60 Å². The van der Waals surface area contributed by atoms with Gasteiger partial charge in [-0.1, -0.05) is 25.1 Å². The van der Waals surface area contributed by atoms with Crippen LogP contribution in [0.3, 0.4) is 0 Å². The van der Waals surface area contributed by atoms with Crippen LogP contribution in [0.25, 0.3) is 10.9 Å². The third-order valence-corrected chi connectivity index (χ3v) is 5.46. The summed E-state index contributed by atoms with van der Waals surface area (Å²) in [6, 6.07) is 7.79. The van der Waals surface area contributed by atoms with Crippen LogP contribution in [0.2, 0.25) is 0 Å². The van der Waals surface area contributed by atoms with Gasteiger partial charge in [-0.25, -0.2) is 0 Å². The van der Waals surface area contributed by atoms with E-state index in [1.165, 1.54) is 0 Å². The van der Waals surface area contributed by atoms with E-state index in [2.05, 4.69) is 17.1 Å². The maximum absolute atomic E-state index is 13.1. The molecule has 0 bridgehead atoms. The second-order valence-corrected chi connectivity index (χ2v) is 7.26. The molecule has 4 rings (SSSR count). The molecule has 138 valence electrons. The number of ether oxygens (including phenoxy) is 1. The minimum Gasteiger partial charge on any atom is -0.386 e. The highest BCUT2D eigenvalue weighted by Gasteiger charge is 2.33. The van der Waals surface area contributed by atoms with Crippen LogP contribution in [0.1, 0.15) is 35.0 Å². The first-order valence-corrected chi connectivity index (χ1v) is 9.31. The monoisotopic (exact) mass is 355 g/mol. The first-order chi connectivity index (χ1) is 12.6. The third-order valence-electron chi connectivity index (χ3n) is 5.46. The van der Waals surface area contributed by atoms with Gasteiger partial charge in [-0.2, -0.15) is 0 Å². The molecule has 1 amide bonds. The van der Waals surface area contributed by atoms with Gasteiger partial charge in [-0.15, -0.1) is 0 Å². The highest BCUT2D eigenvalue weighted by molar-refractivity contribution is 6.07. The molecular formula is C20H25N3O3. The van der Waals surface area contributed by atoms with Crippen molar-refractivity contribution in [2.75, 3.05) is 32.8 Å². The molecule has 3 heterocycles. The van der Waals surface area contributed by atoms with Crippen molar-refractivity contribution in [3.63, 3.8) is 0 Å². The van der Waals surface area contributed by atoms with E-state index >= 15 is 0 Å². The number of para-hydroxylation sites is 1. The van der Waals surface area contributed by atoms with Crippen molar-refractivity contribution in [2.24, 2.45) is 0 Å². The highest BCUT2D eigenvalue weighted by atomic mass is 16.5. The highest BCUT2D eigenvalue weighted by Crippen LogP contribution is 2.28. The Bertz CT molecular complexity index is 830. The topological polar surface area (TPSA) is 74.7 Å². The number of nitrogens with one attached hydrogen (secondary N) is 1. The van der Waals surface area contributed by atoms with Crippen LogP contribution in [0.4, 0.5) is 0 Å². The number of rotatable bonds is 4. The minimum atomic E-state index is -0.964. The average molecular weight is 355 g/mol. The molecule has 0 aliphatic carbocycles. The zero-order chi connectivity index (χ0) is 18.1. The standard InChI is InChI=1S/C20H25N3O3/c1-2-23-9-7-17-15(11-23)18(14-5-3-4-6-16(14)22-17)19(24)21-12-20(25)8-10-26-13-20/h3-6,25H,2,7-13H2,1H3,(H,21,24). The summed E-state index contributed by atoms with van der Waals surface area (Å²) >= 11 is 0. The van der Waals surface area contributed by atoms with E-state index in [9.17, 15) is 9.90 Å². The Labute approximate surface area is 153 Å². The third kappa shape index (κ3) is 3.20. The van der Waals surface area contributed by atoms with E-state index in [1.807, 2.05) is 24.3 Å². The fourth-order valence-electron chi connectivity index (χ4n) is 3.84. The molecule has 0 saturated carbocycles. The normalized spacial score (nSPS) is 23.2. The van der Waals surface area contributed by atoms with Crippen molar-refractivity contribution in [3.8, 4) is 0 Å². The maximum Gasteiger partial charge on any atom is 0.252 e. The average Bonchev–Trinajstić information content (AvgIpc) is 3.10. The Morgan fingerprint density at radius 1 is 1.42 bits per heavy atom. The second-order valence-electron chi connectivity index (χ2n) is 7.26. The van der Waals surface area contributed by atoms with Gasteiger partial charge in [0.25, 0.3) is 5.91 Å². The summed E-state index contributed by atoms with van der Waals surface area (Å²) in [6.07, 6.45) is 1.40. The van der Waals surface area contributed by atoms with Gasteiger partial charge < -0.3 is 15.2 Å². The van der Waals surface area contributed by atoms with Crippen LogP contribution in [-0.2, 0) is 17.7 Å². The number of aromatic nitrogens is 1. The van der Waals surface area contributed by atoms with Crippen molar-refractivity contribution in [1.82, 2.24) is 15.2 Å². The van der Waals surface area contributed by atoms with E-state index in [4.69, 9.17) is 9.72 Å². The molecule has 6 nitrogen and oxygen atoms in total. The smallest absolute Gasteiger partial charge is 0.252 e. The first kappa shape index (κ1) is 17.4. The van der Waals surface area contributed by atoms with Crippen molar-refractivity contribution in [2.45, 2.75) is 31.9 Å². The van der Waals surface area contributed by atoms with Crippen LogP contribution in [-0.4, -0.2) is 59.3 Å². The lowest BCUT2D eigenvalue weighted by Crippen LogP contribution is -2.44. The predicted molar refractivity (Wildman–Crippen MR) is 99.1 cm³/mol. The molecule has 2 aliphatic rings. The van der Waals surface area contributed by atoms with Crippen molar-refractivity contribution < 1.29 is 14.6 Å². The number of hydrogen-bond donors (Lipinski definition) is 2. The molecule has 1 aromatic carbocycles. The second kappa shape index (κ2) is 6.95. The van der Waals surface area contributed by atoms with Crippen LogP contribution >= 0.6 is 0 Å². The number of nitrogens with zero attached hydrogens (tertiary/aromatic N) is 2. The quantitative estimate of drug-likeness (QED) is 0.869. The van der Waals surface area contributed by atoms with E-state index in [0.717, 1.165) is 48.2 Å². The number of likely N-dealkylation sites (N-methyl/N-ethyl adjacent to an activating group) is 1. The molecule has 6 heteroatoms. The fraction of sp³-hybridized carbons (Fsp3) is 0.500. The fourth-order valence-corrected chi connectivity index (χ4v) is 3.84. The maximum atomic E-state index is 13.1. The predicted octanol–water partition coefficient (Wildman–Crippen LogP) is 1.49. The van der Waals surface area contributed by atoms with Gasteiger partial charge in [0, 0.05) is 55.7 Å². The van der Waals surface area contributed by atoms with Crippen LogP contribution in [0.15, 0.2) is 24.3 Å². The summed E-state index contributed by atoms with van der Waals surface area (Å²) in [5.74, 6) is -0.141. The summed E-state index contributed by atoms with van der Waals surface area (Å²) in [4.78, 5) is 20.2. The van der Waals surface area contributed by atoms with Gasteiger partial charge in [0.15, 0.2) is 0 Å². The first-order valence-electron chi connectivity index (χ1n) is 9.31. The Morgan fingerprint density at radius 2 is 2.27 bits per heavy atom. The van der Waals surface area contributed by atoms with Gasteiger partial charge in [-0.3, -0.25) is 14.7 Å². The summed E-state index contributed by atoms with van der Waals surface area (Å²) in [5.41, 5.74) is 2.62. The Balaban J connectivity index is 1.71. The lowest BCUT2D eigenvalue weighted by atomic mass is 9.95. The number of amides is 1. The molecule has 26 heavy (non-hydrogen) atoms. The molecular weight excluding hydrogens is 330 g/mol. The van der Waals surface area contributed by atoms with E-state index in [0.29, 0.717) is 18.6 Å². The van der Waals surface area contributed by atoms with E-state index in [-0.39, 0.29) is 19.1 Å². The molecule has 2 aromatic rings. The molecule has 1 atom stereocenters. The molecule has 0 spiro atoms. The Kier molecular flexibility index (Phi) is 4.65. The molecule has 2 N–H and O–H groups in total. The zero-order valence-corrected chi connectivity index (χ0v) is 15.1. The summed E-state index contributed by atoms with van der Waals surface area (Å²) in [5, 5.41) is 14.3. The summed E-state index contributed by atoms with van der Waals surface area (Å²) in [7, 11) is 0. The molecule has 1 fully saturated rings. The number of carbonyl (C=O) groups excluding carboxylic acids is 1. The molecule has 2 aliphatic heterocycles. The van der Waals surface area contributed by atoms with E-state index in [1.54, 1.807) is 0 Å². The molecule has 1 aromatic heterocycles.